The van der Waals surface area contributed by atoms with E-state index < -0.39 is 4.92 Å². The highest BCUT2D eigenvalue weighted by Crippen LogP contribution is 2.29. The van der Waals surface area contributed by atoms with E-state index in [4.69, 9.17) is 0 Å². The Morgan fingerprint density at radius 2 is 2.00 bits per heavy atom. The van der Waals surface area contributed by atoms with Gasteiger partial charge in [0.05, 0.1) is 17.0 Å². The number of nitro groups is 1. The number of anilines is 1. The molecule has 1 aliphatic rings. The number of hydrogen-bond acceptors (Lipinski definition) is 5. The van der Waals surface area contributed by atoms with E-state index in [1.807, 2.05) is 0 Å². The van der Waals surface area contributed by atoms with Gasteiger partial charge in [-0.1, -0.05) is 12.1 Å². The summed E-state index contributed by atoms with van der Waals surface area (Å²) in [7, 11) is 0. The number of aromatic nitrogens is 1. The Hall–Kier alpha value is -2.28. The Morgan fingerprint density at radius 3 is 2.68 bits per heavy atom. The Bertz CT molecular complexity index is 686. The summed E-state index contributed by atoms with van der Waals surface area (Å²) >= 11 is 1.55. The topological polar surface area (TPSA) is 85.1 Å². The third-order valence-electron chi connectivity index (χ3n) is 3.60. The van der Waals surface area contributed by atoms with Gasteiger partial charge in [-0.05, 0) is 31.2 Å². The highest BCUT2D eigenvalue weighted by Gasteiger charge is 2.16. The van der Waals surface area contributed by atoms with Crippen LogP contribution in [0.3, 0.4) is 0 Å². The number of nitrogens with zero attached hydrogens (tertiary/aromatic N) is 2. The molecule has 0 saturated heterocycles. The maximum absolute atomic E-state index is 12.0. The monoisotopic (exact) mass is 317 g/mol. The molecule has 0 radical (unpaired) electrons. The number of amides is 1. The minimum absolute atomic E-state index is 0.0248. The zero-order chi connectivity index (χ0) is 15.5. The van der Waals surface area contributed by atoms with Crippen LogP contribution in [-0.4, -0.2) is 15.8 Å². The van der Waals surface area contributed by atoms with Crippen molar-refractivity contribution in [3.05, 3.63) is 50.5 Å². The number of nitrogens with one attached hydrogen (secondary N) is 1. The second-order valence-corrected chi connectivity index (χ2v) is 6.33. The average Bonchev–Trinajstić information content (AvgIpc) is 2.89. The minimum Gasteiger partial charge on any atom is -0.302 e. The lowest BCUT2D eigenvalue weighted by atomic mass is 10.0. The molecule has 0 unspecified atom stereocenters. The highest BCUT2D eigenvalue weighted by molar-refractivity contribution is 7.15. The van der Waals surface area contributed by atoms with Gasteiger partial charge in [0.15, 0.2) is 5.13 Å². The van der Waals surface area contributed by atoms with E-state index in [-0.39, 0.29) is 18.0 Å². The maximum atomic E-state index is 12.0. The summed E-state index contributed by atoms with van der Waals surface area (Å²) in [4.78, 5) is 27.9. The lowest BCUT2D eigenvalue weighted by Crippen LogP contribution is -2.14. The highest BCUT2D eigenvalue weighted by atomic mass is 32.1. The molecular formula is C15H15N3O3S. The van der Waals surface area contributed by atoms with Crippen molar-refractivity contribution in [2.24, 2.45) is 0 Å². The number of rotatable bonds is 4. The van der Waals surface area contributed by atoms with E-state index in [1.54, 1.807) is 23.5 Å². The first-order chi connectivity index (χ1) is 10.6. The van der Waals surface area contributed by atoms with Crippen LogP contribution in [0.25, 0.3) is 0 Å². The molecule has 1 heterocycles. The van der Waals surface area contributed by atoms with Gasteiger partial charge in [0.25, 0.3) is 5.69 Å². The summed E-state index contributed by atoms with van der Waals surface area (Å²) in [6.07, 6.45) is 4.57. The Kier molecular flexibility index (Phi) is 4.15. The van der Waals surface area contributed by atoms with Crippen LogP contribution in [0.2, 0.25) is 0 Å². The standard InChI is InChI=1S/C15H15N3O3S/c19-14(9-10-5-7-11(8-6-10)18(20)21)17-15-16-12-3-1-2-4-13(12)22-15/h5-8H,1-4,9H2,(H,16,17,19). The molecule has 0 spiro atoms. The lowest BCUT2D eigenvalue weighted by molar-refractivity contribution is -0.384. The summed E-state index contributed by atoms with van der Waals surface area (Å²) in [6, 6.07) is 6.02. The van der Waals surface area contributed by atoms with Crippen molar-refractivity contribution in [1.82, 2.24) is 4.98 Å². The van der Waals surface area contributed by atoms with Crippen LogP contribution in [0.15, 0.2) is 24.3 Å². The molecule has 1 aromatic heterocycles. The molecule has 6 nitrogen and oxygen atoms in total. The van der Waals surface area contributed by atoms with Crippen molar-refractivity contribution in [1.29, 1.82) is 0 Å². The third-order valence-corrected chi connectivity index (χ3v) is 4.68. The third kappa shape index (κ3) is 3.30. The number of fused-ring (bicyclic) bond motifs is 1. The second-order valence-electron chi connectivity index (χ2n) is 5.24. The first kappa shape index (κ1) is 14.6. The molecule has 1 N–H and O–H groups in total. The van der Waals surface area contributed by atoms with Crippen molar-refractivity contribution < 1.29 is 9.72 Å². The van der Waals surface area contributed by atoms with Crippen molar-refractivity contribution in [2.45, 2.75) is 32.1 Å². The van der Waals surface area contributed by atoms with Crippen LogP contribution in [-0.2, 0) is 24.1 Å². The molecule has 1 amide bonds. The van der Waals surface area contributed by atoms with Gasteiger partial charge >= 0.3 is 0 Å². The van der Waals surface area contributed by atoms with Gasteiger partial charge in [-0.3, -0.25) is 14.9 Å². The molecule has 0 atom stereocenters. The summed E-state index contributed by atoms with van der Waals surface area (Å²) < 4.78 is 0. The summed E-state index contributed by atoms with van der Waals surface area (Å²) in [5, 5.41) is 14.1. The van der Waals surface area contributed by atoms with Gasteiger partial charge in [0, 0.05) is 17.0 Å². The normalized spacial score (nSPS) is 13.5. The van der Waals surface area contributed by atoms with E-state index in [0.29, 0.717) is 5.13 Å². The van der Waals surface area contributed by atoms with Crippen LogP contribution in [0.5, 0.6) is 0 Å². The number of aryl methyl sites for hydroxylation is 2. The van der Waals surface area contributed by atoms with E-state index >= 15 is 0 Å². The van der Waals surface area contributed by atoms with Gasteiger partial charge in [-0.2, -0.15) is 0 Å². The fourth-order valence-electron chi connectivity index (χ4n) is 2.49. The van der Waals surface area contributed by atoms with Gasteiger partial charge in [-0.15, -0.1) is 11.3 Å². The molecule has 114 valence electrons. The first-order valence-electron chi connectivity index (χ1n) is 7.13. The van der Waals surface area contributed by atoms with Gasteiger partial charge in [-0.25, -0.2) is 4.98 Å². The summed E-state index contributed by atoms with van der Waals surface area (Å²) in [5.41, 5.74) is 1.88. The zero-order valence-corrected chi connectivity index (χ0v) is 12.7. The van der Waals surface area contributed by atoms with E-state index in [9.17, 15) is 14.9 Å². The molecular weight excluding hydrogens is 302 g/mol. The molecule has 7 heteroatoms. The fourth-order valence-corrected chi connectivity index (χ4v) is 3.56. The number of thiazole rings is 1. The molecule has 1 aromatic carbocycles. The first-order valence-corrected chi connectivity index (χ1v) is 7.95. The molecule has 0 fully saturated rings. The minimum atomic E-state index is -0.454. The molecule has 0 aliphatic heterocycles. The number of carbonyl (C=O) groups is 1. The predicted molar refractivity (Wildman–Crippen MR) is 84.2 cm³/mol. The largest absolute Gasteiger partial charge is 0.302 e. The predicted octanol–water partition coefficient (Wildman–Crippen LogP) is 3.11. The van der Waals surface area contributed by atoms with Crippen molar-refractivity contribution >= 4 is 28.1 Å². The number of non-ortho nitro benzene ring substituents is 1. The number of hydrogen-bond donors (Lipinski definition) is 1. The Morgan fingerprint density at radius 1 is 1.27 bits per heavy atom. The van der Waals surface area contributed by atoms with E-state index in [0.717, 1.165) is 30.5 Å². The number of benzene rings is 1. The zero-order valence-electron chi connectivity index (χ0n) is 11.9. The van der Waals surface area contributed by atoms with Crippen molar-refractivity contribution in [3.63, 3.8) is 0 Å². The van der Waals surface area contributed by atoms with Crippen LogP contribution in [0.1, 0.15) is 29.0 Å². The lowest BCUT2D eigenvalue weighted by Gasteiger charge is -2.06. The SMILES string of the molecule is O=C(Cc1ccc([N+](=O)[O-])cc1)Nc1nc2c(s1)CCCC2. The van der Waals surface area contributed by atoms with Crippen LogP contribution >= 0.6 is 11.3 Å². The number of carbonyl (C=O) groups excluding carboxylic acids is 1. The molecule has 3 rings (SSSR count). The van der Waals surface area contributed by atoms with Crippen molar-refractivity contribution in [3.8, 4) is 0 Å². The second kappa shape index (κ2) is 6.23. The van der Waals surface area contributed by atoms with Crippen LogP contribution < -0.4 is 5.32 Å². The average molecular weight is 317 g/mol. The Labute approximate surface area is 131 Å². The van der Waals surface area contributed by atoms with E-state index in [2.05, 4.69) is 10.3 Å². The molecule has 1 aliphatic carbocycles. The van der Waals surface area contributed by atoms with Gasteiger partial charge in [0.1, 0.15) is 0 Å². The van der Waals surface area contributed by atoms with Gasteiger partial charge in [0.2, 0.25) is 5.91 Å². The molecule has 0 bridgehead atoms. The quantitative estimate of drug-likeness (QED) is 0.693. The fraction of sp³-hybridized carbons (Fsp3) is 0.333. The van der Waals surface area contributed by atoms with Crippen LogP contribution in [0, 0.1) is 10.1 Å². The van der Waals surface area contributed by atoms with E-state index in [1.165, 1.54) is 23.4 Å². The molecule has 22 heavy (non-hydrogen) atoms. The maximum Gasteiger partial charge on any atom is 0.269 e. The smallest absolute Gasteiger partial charge is 0.269 e. The van der Waals surface area contributed by atoms with Crippen LogP contribution in [0.4, 0.5) is 10.8 Å². The number of nitro benzene ring substituents is 1. The summed E-state index contributed by atoms with van der Waals surface area (Å²) in [6.45, 7) is 0. The summed E-state index contributed by atoms with van der Waals surface area (Å²) in [5.74, 6) is -0.153. The van der Waals surface area contributed by atoms with Crippen molar-refractivity contribution in [2.75, 3.05) is 5.32 Å². The Balaban J connectivity index is 1.62. The molecule has 2 aromatic rings. The molecule has 0 saturated carbocycles. The van der Waals surface area contributed by atoms with Gasteiger partial charge < -0.3 is 5.32 Å².